The highest BCUT2D eigenvalue weighted by Gasteiger charge is 2.75. The van der Waals surface area contributed by atoms with Crippen molar-refractivity contribution in [3.05, 3.63) is 70.8 Å². The van der Waals surface area contributed by atoms with E-state index in [1.807, 2.05) is 31.2 Å². The standard InChI is InChI=1S/C26H23NO5/c1-14-10-12-15(13-11-14)21-19-20(25(31)27(24(19)30)16-6-2-3-7-16)26(32-21)22(28)17-8-4-5-9-18(17)23(26)29/h4-5,8-13,16,19-21H,2-3,6-7H2,1H3/t19-,20+,21+/m1/s1. The molecule has 2 saturated heterocycles. The van der Waals surface area contributed by atoms with Gasteiger partial charge in [-0.1, -0.05) is 66.9 Å². The van der Waals surface area contributed by atoms with E-state index in [0.29, 0.717) is 5.56 Å². The minimum atomic E-state index is -1.97. The fourth-order valence-electron chi connectivity index (χ4n) is 6.12. The van der Waals surface area contributed by atoms with Crippen molar-refractivity contribution < 1.29 is 23.9 Å². The first-order valence-corrected chi connectivity index (χ1v) is 11.2. The highest BCUT2D eigenvalue weighted by Crippen LogP contribution is 2.57. The molecule has 0 aromatic heterocycles. The van der Waals surface area contributed by atoms with Gasteiger partial charge in [-0.05, 0) is 25.3 Å². The van der Waals surface area contributed by atoms with Crippen LogP contribution in [0.5, 0.6) is 0 Å². The number of benzene rings is 2. The van der Waals surface area contributed by atoms with Crippen LogP contribution in [0.1, 0.15) is 63.6 Å². The third-order valence-corrected chi connectivity index (χ3v) is 7.65. The Morgan fingerprint density at radius 2 is 1.44 bits per heavy atom. The van der Waals surface area contributed by atoms with Crippen molar-refractivity contribution in [2.75, 3.05) is 0 Å². The Kier molecular flexibility index (Phi) is 4.09. The summed E-state index contributed by atoms with van der Waals surface area (Å²) in [6.45, 7) is 1.95. The monoisotopic (exact) mass is 429 g/mol. The molecule has 1 saturated carbocycles. The maximum absolute atomic E-state index is 13.7. The summed E-state index contributed by atoms with van der Waals surface area (Å²) in [6.07, 6.45) is 2.63. The molecule has 2 aromatic carbocycles. The van der Waals surface area contributed by atoms with E-state index in [4.69, 9.17) is 4.74 Å². The maximum Gasteiger partial charge on any atom is 0.237 e. The summed E-state index contributed by atoms with van der Waals surface area (Å²) >= 11 is 0. The summed E-state index contributed by atoms with van der Waals surface area (Å²) in [5.74, 6) is -3.77. The molecular formula is C26H23NO5. The van der Waals surface area contributed by atoms with E-state index < -0.39 is 41.0 Å². The second-order valence-electron chi connectivity index (χ2n) is 9.38. The number of likely N-dealkylation sites (tertiary alicyclic amines) is 1. The number of carbonyl (C=O) groups is 4. The topological polar surface area (TPSA) is 80.8 Å². The molecule has 4 aliphatic rings. The first kappa shape index (κ1) is 19.6. The molecule has 2 aliphatic heterocycles. The van der Waals surface area contributed by atoms with Crippen molar-refractivity contribution in [3.8, 4) is 0 Å². The molecule has 32 heavy (non-hydrogen) atoms. The van der Waals surface area contributed by atoms with E-state index in [-0.39, 0.29) is 23.1 Å². The van der Waals surface area contributed by atoms with Crippen LogP contribution in [0.25, 0.3) is 0 Å². The number of carbonyl (C=O) groups excluding carboxylic acids is 4. The lowest BCUT2D eigenvalue weighted by molar-refractivity contribution is -0.147. The Balaban J connectivity index is 1.52. The number of nitrogens with zero attached hydrogens (tertiary/aromatic N) is 1. The largest absolute Gasteiger partial charge is 0.349 e. The average molecular weight is 429 g/mol. The normalized spacial score (nSPS) is 28.8. The van der Waals surface area contributed by atoms with Crippen LogP contribution in [0.4, 0.5) is 0 Å². The van der Waals surface area contributed by atoms with Gasteiger partial charge in [-0.2, -0.15) is 0 Å². The van der Waals surface area contributed by atoms with Crippen molar-refractivity contribution >= 4 is 23.4 Å². The molecule has 0 bridgehead atoms. The molecule has 6 nitrogen and oxygen atoms in total. The van der Waals surface area contributed by atoms with Gasteiger partial charge in [0.05, 0.1) is 17.9 Å². The average Bonchev–Trinajstić information content (AvgIpc) is 3.54. The molecule has 0 radical (unpaired) electrons. The molecule has 0 unspecified atom stereocenters. The van der Waals surface area contributed by atoms with E-state index >= 15 is 0 Å². The first-order valence-electron chi connectivity index (χ1n) is 11.2. The number of ketones is 2. The summed E-state index contributed by atoms with van der Waals surface area (Å²) in [5.41, 5.74) is 0.304. The van der Waals surface area contributed by atoms with E-state index in [0.717, 1.165) is 31.2 Å². The Hall–Kier alpha value is -3.12. The number of rotatable bonds is 2. The number of imide groups is 1. The summed E-state index contributed by atoms with van der Waals surface area (Å²) in [6, 6.07) is 13.9. The fraction of sp³-hybridized carbons (Fsp3) is 0.385. The van der Waals surface area contributed by atoms with Crippen LogP contribution >= 0.6 is 0 Å². The van der Waals surface area contributed by atoms with Gasteiger partial charge in [0.2, 0.25) is 29.0 Å². The molecule has 2 heterocycles. The van der Waals surface area contributed by atoms with E-state index in [2.05, 4.69) is 0 Å². The molecule has 6 rings (SSSR count). The molecule has 2 aromatic rings. The molecule has 3 atom stereocenters. The molecule has 1 spiro atoms. The minimum absolute atomic E-state index is 0.162. The predicted molar refractivity (Wildman–Crippen MR) is 114 cm³/mol. The molecule has 162 valence electrons. The van der Waals surface area contributed by atoms with Crippen LogP contribution in [0, 0.1) is 18.8 Å². The quantitative estimate of drug-likeness (QED) is 0.540. The van der Waals surface area contributed by atoms with Crippen LogP contribution in [-0.4, -0.2) is 39.9 Å². The second-order valence-corrected chi connectivity index (χ2v) is 9.38. The number of fused-ring (bicyclic) bond motifs is 3. The Labute approximate surface area is 185 Å². The summed E-state index contributed by atoms with van der Waals surface area (Å²) in [5, 5.41) is 0. The van der Waals surface area contributed by atoms with Gasteiger partial charge in [0.1, 0.15) is 0 Å². The SMILES string of the molecule is Cc1ccc([C@@H]2OC3(C(=O)c4ccccc4C3=O)[C@@H]3C(=O)N(C4CCCC4)C(=O)[C@H]32)cc1. The van der Waals surface area contributed by atoms with Crippen molar-refractivity contribution in [2.24, 2.45) is 11.8 Å². The van der Waals surface area contributed by atoms with Gasteiger partial charge in [0.25, 0.3) is 0 Å². The van der Waals surface area contributed by atoms with Gasteiger partial charge in [0, 0.05) is 17.2 Å². The van der Waals surface area contributed by atoms with Gasteiger partial charge in [0.15, 0.2) is 0 Å². The van der Waals surface area contributed by atoms with Crippen LogP contribution in [0.2, 0.25) is 0 Å². The summed E-state index contributed by atoms with van der Waals surface area (Å²) < 4.78 is 6.29. The number of ether oxygens (including phenoxy) is 1. The van der Waals surface area contributed by atoms with Gasteiger partial charge in [-0.15, -0.1) is 0 Å². The molecular weight excluding hydrogens is 406 g/mol. The second kappa shape index (κ2) is 6.69. The highest BCUT2D eigenvalue weighted by molar-refractivity contribution is 6.35. The fourth-order valence-corrected chi connectivity index (χ4v) is 6.12. The van der Waals surface area contributed by atoms with Gasteiger partial charge in [-0.3, -0.25) is 24.1 Å². The Morgan fingerprint density at radius 1 is 0.844 bits per heavy atom. The number of Topliss-reactive ketones (excluding diaryl/α,β-unsaturated/α-hetero) is 2. The van der Waals surface area contributed by atoms with Crippen LogP contribution < -0.4 is 0 Å². The highest BCUT2D eigenvalue weighted by atomic mass is 16.5. The number of hydrogen-bond acceptors (Lipinski definition) is 5. The lowest BCUT2D eigenvalue weighted by Crippen LogP contribution is -2.51. The van der Waals surface area contributed by atoms with Gasteiger partial charge in [-0.25, -0.2) is 0 Å². The Bertz CT molecular complexity index is 1140. The van der Waals surface area contributed by atoms with Crippen LogP contribution in [0.3, 0.4) is 0 Å². The maximum atomic E-state index is 13.7. The van der Waals surface area contributed by atoms with Crippen molar-refractivity contribution in [2.45, 2.75) is 50.4 Å². The van der Waals surface area contributed by atoms with Crippen molar-refractivity contribution in [3.63, 3.8) is 0 Å². The Morgan fingerprint density at radius 3 is 2.03 bits per heavy atom. The third-order valence-electron chi connectivity index (χ3n) is 7.65. The zero-order valence-corrected chi connectivity index (χ0v) is 17.7. The molecule has 2 amide bonds. The first-order chi connectivity index (χ1) is 15.4. The van der Waals surface area contributed by atoms with E-state index in [1.54, 1.807) is 24.3 Å². The van der Waals surface area contributed by atoms with Gasteiger partial charge >= 0.3 is 0 Å². The third kappa shape index (κ3) is 2.33. The molecule has 3 fully saturated rings. The molecule has 6 heteroatoms. The zero-order valence-electron chi connectivity index (χ0n) is 17.7. The molecule has 0 N–H and O–H groups in total. The minimum Gasteiger partial charge on any atom is -0.349 e. The number of aryl methyl sites for hydroxylation is 1. The number of amides is 2. The van der Waals surface area contributed by atoms with Crippen LogP contribution in [0.15, 0.2) is 48.5 Å². The van der Waals surface area contributed by atoms with Crippen molar-refractivity contribution in [1.82, 2.24) is 4.90 Å². The van der Waals surface area contributed by atoms with Crippen LogP contribution in [-0.2, 0) is 14.3 Å². The number of hydrogen-bond donors (Lipinski definition) is 0. The zero-order chi connectivity index (χ0) is 22.2. The predicted octanol–water partition coefficient (Wildman–Crippen LogP) is 3.43. The summed E-state index contributed by atoms with van der Waals surface area (Å²) in [7, 11) is 0. The van der Waals surface area contributed by atoms with Crippen molar-refractivity contribution in [1.29, 1.82) is 0 Å². The molecule has 2 aliphatic carbocycles. The smallest absolute Gasteiger partial charge is 0.237 e. The van der Waals surface area contributed by atoms with E-state index in [9.17, 15) is 19.2 Å². The lowest BCUT2D eigenvalue weighted by atomic mass is 9.77. The van der Waals surface area contributed by atoms with E-state index in [1.165, 1.54) is 4.90 Å². The summed E-state index contributed by atoms with van der Waals surface area (Å²) in [4.78, 5) is 56.1. The lowest BCUT2D eigenvalue weighted by Gasteiger charge is -2.29. The van der Waals surface area contributed by atoms with Gasteiger partial charge < -0.3 is 4.74 Å².